The molecule has 2 aromatic carbocycles. The van der Waals surface area contributed by atoms with Crippen molar-refractivity contribution in [3.8, 4) is 0 Å². The molecule has 1 aliphatic heterocycles. The van der Waals surface area contributed by atoms with Gasteiger partial charge in [-0.25, -0.2) is 12.8 Å². The van der Waals surface area contributed by atoms with Gasteiger partial charge < -0.3 is 30.3 Å². The van der Waals surface area contributed by atoms with Crippen LogP contribution in [0.3, 0.4) is 0 Å². The Hall–Kier alpha value is 0.140. The van der Waals surface area contributed by atoms with E-state index in [2.05, 4.69) is 35.2 Å². The average Bonchev–Trinajstić information content (AvgIpc) is 2.79. The van der Waals surface area contributed by atoms with E-state index in [4.69, 9.17) is 0 Å². The van der Waals surface area contributed by atoms with E-state index in [9.17, 15) is 27.4 Å². The first-order chi connectivity index (χ1) is 17.5. The summed E-state index contributed by atoms with van der Waals surface area (Å²) in [7, 11) is -7.99. The average molecular weight is 628 g/mol. The van der Waals surface area contributed by atoms with Gasteiger partial charge in [0.1, 0.15) is 0 Å². The minimum Gasteiger partial charge on any atom is -0.871 e. The third-order valence-corrected chi connectivity index (χ3v) is 8.76. The monoisotopic (exact) mass is 627 g/mol. The maximum absolute atomic E-state index is 14.0. The second-order valence-corrected chi connectivity index (χ2v) is 14.6. The Morgan fingerprint density at radius 1 is 1.05 bits per heavy atom. The van der Waals surface area contributed by atoms with Crippen LogP contribution in [0.1, 0.15) is 64.5 Å². The van der Waals surface area contributed by atoms with Crippen LogP contribution in [-0.4, -0.2) is 35.4 Å². The molecule has 2 N–H and O–H groups in total. The zero-order chi connectivity index (χ0) is 28.1. The number of unbranched alkanes of at least 4 members (excludes halogenated alkanes) is 1. The molecule has 0 aromatic heterocycles. The van der Waals surface area contributed by atoms with E-state index in [0.717, 1.165) is 31.6 Å². The van der Waals surface area contributed by atoms with Gasteiger partial charge in [-0.3, -0.25) is 9.52 Å². The molecule has 2 aliphatic rings. The number of carbonyl (C=O) groups excluding carboxylic acids is 1. The van der Waals surface area contributed by atoms with Crippen LogP contribution in [-0.2, 0) is 20.2 Å². The third-order valence-electron chi connectivity index (χ3n) is 6.84. The van der Waals surface area contributed by atoms with Crippen molar-refractivity contribution in [1.82, 2.24) is 0 Å². The van der Waals surface area contributed by atoms with E-state index >= 15 is 0 Å². The Labute approximate surface area is 310 Å². The second-order valence-electron chi connectivity index (χ2n) is 11.3. The molecule has 0 radical (unpaired) electrons. The zero-order valence-corrected chi connectivity index (χ0v) is 32.7. The predicted molar refractivity (Wildman–Crippen MR) is 147 cm³/mol. The van der Waals surface area contributed by atoms with Crippen molar-refractivity contribution in [1.29, 1.82) is 0 Å². The van der Waals surface area contributed by atoms with E-state index < -0.39 is 37.8 Å². The van der Waals surface area contributed by atoms with Gasteiger partial charge in [-0.15, -0.1) is 0 Å². The van der Waals surface area contributed by atoms with Crippen LogP contribution < -0.4 is 104 Å². The number of benzene rings is 2. The number of nitrogens with zero attached hydrogens (tertiary/aromatic N) is 1. The van der Waals surface area contributed by atoms with Gasteiger partial charge in [0.2, 0.25) is 10.0 Å². The van der Waals surface area contributed by atoms with Crippen molar-refractivity contribution >= 4 is 49.6 Å². The zero-order valence-electron chi connectivity index (χ0n) is 25.1. The van der Waals surface area contributed by atoms with Crippen molar-refractivity contribution in [3.63, 3.8) is 0 Å². The van der Waals surface area contributed by atoms with Crippen LogP contribution in [0.5, 0.6) is 0 Å². The molecule has 1 unspecified atom stereocenters. The van der Waals surface area contributed by atoms with Gasteiger partial charge in [0.15, 0.2) is 11.6 Å². The molecule has 0 saturated heterocycles. The van der Waals surface area contributed by atoms with Crippen molar-refractivity contribution in [2.75, 3.05) is 16.3 Å². The molecule has 0 fully saturated rings. The quantitative estimate of drug-likeness (QED) is 0.231. The van der Waals surface area contributed by atoms with Crippen LogP contribution in [0.4, 0.5) is 11.4 Å². The molecule has 1 heterocycles. The Kier molecular flexibility index (Phi) is 13.8. The van der Waals surface area contributed by atoms with Crippen molar-refractivity contribution in [2.24, 2.45) is 9.81 Å². The van der Waals surface area contributed by atoms with Gasteiger partial charge in [0.25, 0.3) is 0 Å². The van der Waals surface area contributed by atoms with Crippen molar-refractivity contribution < 1.29 is 116 Å². The molecule has 0 saturated carbocycles. The topological polar surface area (TPSA) is 157 Å². The first kappa shape index (κ1) is 39.2. The van der Waals surface area contributed by atoms with Crippen LogP contribution in [0.2, 0.25) is 0 Å². The minimum atomic E-state index is -4.35. The standard InChI is InChI=1S/C27H35N3O6S2.3Na/c1-26(2,3)14-8-9-15-27(4)19-11-7-6-10-18(19)23(31)22(24(27)32)25-28-20-13-12-17(29-37(5,33)34)16-21(20)38(35,36)30-25;;;/h6-7,10-13,16,29,31,35-36H,8-9,14-15H2,1-5H3,(H,28,30);;;/q;3*+1/p-3. The summed E-state index contributed by atoms with van der Waals surface area (Å²) >= 11 is 0. The number of carbonyl (C=O) groups is 1. The minimum absolute atomic E-state index is 0. The molecule has 1 atom stereocenters. The van der Waals surface area contributed by atoms with Crippen LogP contribution in [0.25, 0.3) is 5.76 Å². The Morgan fingerprint density at radius 3 is 2.29 bits per heavy atom. The largest absolute Gasteiger partial charge is 1.00 e. The number of anilines is 2. The van der Waals surface area contributed by atoms with Crippen molar-refractivity contribution in [2.45, 2.75) is 63.7 Å². The van der Waals surface area contributed by atoms with E-state index in [1.165, 1.54) is 12.1 Å². The van der Waals surface area contributed by atoms with Gasteiger partial charge >= 0.3 is 88.7 Å². The van der Waals surface area contributed by atoms with Gasteiger partial charge in [-0.05, 0) is 54.5 Å². The fourth-order valence-corrected chi connectivity index (χ4v) is 6.64. The number of fused-ring (bicyclic) bond motifs is 2. The maximum atomic E-state index is 14.0. The molecule has 9 nitrogen and oxygen atoms in total. The van der Waals surface area contributed by atoms with Crippen molar-refractivity contribution in [3.05, 3.63) is 59.2 Å². The molecule has 41 heavy (non-hydrogen) atoms. The summed E-state index contributed by atoms with van der Waals surface area (Å²) in [5, 5.41) is 16.4. The molecule has 2 aromatic rings. The second kappa shape index (κ2) is 14.5. The van der Waals surface area contributed by atoms with Crippen LogP contribution in [0, 0.1) is 5.41 Å². The first-order valence-corrected chi connectivity index (χ1v) is 15.7. The summed E-state index contributed by atoms with van der Waals surface area (Å²) in [4.78, 5) is 13.7. The summed E-state index contributed by atoms with van der Waals surface area (Å²) in [6.07, 6.45) is 4.08. The molecule has 1 aliphatic carbocycles. The Balaban J connectivity index is 0.00000280. The number of sulfonamides is 2. The first-order valence-electron chi connectivity index (χ1n) is 12.3. The molecule has 0 amide bonds. The number of hydrogen-bond donors (Lipinski definition) is 2. The fraction of sp³-hybridized carbons (Fsp3) is 0.407. The van der Waals surface area contributed by atoms with Crippen LogP contribution in [0.15, 0.2) is 57.3 Å². The van der Waals surface area contributed by atoms with E-state index in [1.807, 2.05) is 0 Å². The summed E-state index contributed by atoms with van der Waals surface area (Å²) < 4.78 is 55.5. The summed E-state index contributed by atoms with van der Waals surface area (Å²) in [5.74, 6) is -1.39. The molecule has 206 valence electrons. The van der Waals surface area contributed by atoms with Gasteiger partial charge in [0.05, 0.1) is 28.6 Å². The Morgan fingerprint density at radius 2 is 1.68 bits per heavy atom. The Bertz CT molecular complexity index is 1470. The molecular formula is C27H32N3Na3O6S2. The predicted octanol–water partition coefficient (Wildman–Crippen LogP) is -4.55. The summed E-state index contributed by atoms with van der Waals surface area (Å²) in [6.45, 7) is 8.27. The number of hydrogen-bond acceptors (Lipinski definition) is 8. The van der Waals surface area contributed by atoms with Gasteiger partial charge in [-0.1, -0.05) is 63.6 Å². The summed E-state index contributed by atoms with van der Waals surface area (Å²) in [6, 6.07) is 10.8. The fourth-order valence-electron chi connectivity index (χ4n) is 4.94. The maximum Gasteiger partial charge on any atom is 1.00 e. The molecule has 0 spiro atoms. The van der Waals surface area contributed by atoms with E-state index in [0.29, 0.717) is 17.5 Å². The molecule has 4 rings (SSSR count). The number of Topliss-reactive ketones (excluding diaryl/α,β-unsaturated/α-hetero) is 1. The van der Waals surface area contributed by atoms with E-state index in [1.54, 1.807) is 31.2 Å². The van der Waals surface area contributed by atoms with E-state index in [-0.39, 0.29) is 122 Å². The summed E-state index contributed by atoms with van der Waals surface area (Å²) in [5.41, 5.74) is -0.0599. The van der Waals surface area contributed by atoms with Gasteiger partial charge in [-0.2, -0.15) is 0 Å². The number of amidine groups is 1. The normalized spacial score (nSPS) is 20.1. The number of rotatable bonds is 7. The van der Waals surface area contributed by atoms with Gasteiger partial charge in [0, 0.05) is 4.90 Å². The van der Waals surface area contributed by atoms with Crippen LogP contribution >= 0.6 is 10.8 Å². The SMILES string of the molecule is CC(C)(C)CCCCC1(C)C(=O)C(C2=NS([O-])([O-])c3cc(NS(C)(=O)=O)ccc3N2)=C([O-])c2ccccc21.[Na+].[Na+].[Na+]. The smallest absolute Gasteiger partial charge is 0.871 e. The molecular weight excluding hydrogens is 595 g/mol. The number of nitrogens with one attached hydrogen (secondary N) is 2. The number of ketones is 1. The molecule has 14 heteroatoms. The molecule has 0 bridgehead atoms. The third kappa shape index (κ3) is 8.87.